The lowest BCUT2D eigenvalue weighted by molar-refractivity contribution is 0.589. The maximum Gasteiger partial charge on any atom is 0.0541 e. The number of para-hydroxylation sites is 1. The molecule has 0 radical (unpaired) electrons. The molecule has 0 amide bonds. The highest BCUT2D eigenvalue weighted by atomic mass is 15.1. The summed E-state index contributed by atoms with van der Waals surface area (Å²) in [6, 6.07) is 93.1. The Kier molecular flexibility index (Phi) is 12.3. The highest BCUT2D eigenvalue weighted by Gasteiger charge is 2.36. The number of hydrogen-bond acceptors (Lipinski definition) is 1. The van der Waals surface area contributed by atoms with Gasteiger partial charge in [-0.3, -0.25) is 0 Å². The van der Waals surface area contributed by atoms with Crippen LogP contribution in [0.3, 0.4) is 0 Å². The van der Waals surface area contributed by atoms with Crippen LogP contribution in [0, 0.1) is 6.92 Å². The van der Waals surface area contributed by atoms with E-state index in [1.165, 1.54) is 116 Å². The van der Waals surface area contributed by atoms with E-state index in [1.54, 1.807) is 0 Å². The van der Waals surface area contributed by atoms with Crippen LogP contribution in [0.5, 0.6) is 0 Å². The molecule has 0 bridgehead atoms. The van der Waals surface area contributed by atoms with Gasteiger partial charge in [0.2, 0.25) is 0 Å². The zero-order valence-electron chi connectivity index (χ0n) is 47.6. The third-order valence-corrected chi connectivity index (χ3v) is 16.9. The number of fused-ring (bicyclic) bond motifs is 6. The summed E-state index contributed by atoms with van der Waals surface area (Å²) in [5.74, 6) is 0. The van der Waals surface area contributed by atoms with E-state index < -0.39 is 0 Å². The third kappa shape index (κ3) is 9.13. The SMILES string of the molecule is Cc1cc(-c2ccccc2)cc(-c2cc(-c3cc(-n4c5ccccc5c5cc(-c6ccc(N(c7ccc(-c8ccccc8)cc7)c7ccc8c(c7)C(C)(C)c7ccccc7-8)cc6)ccc54)cc(C(C)(C)C)c3)cc(C(C)(C)C)c2)c1. The van der Waals surface area contributed by atoms with Crippen molar-refractivity contribution in [1.82, 2.24) is 4.57 Å². The minimum atomic E-state index is -0.119. The molecule has 0 saturated heterocycles. The minimum absolute atomic E-state index is 0.0617. The van der Waals surface area contributed by atoms with E-state index in [1.807, 2.05) is 0 Å². The van der Waals surface area contributed by atoms with Crippen molar-refractivity contribution in [3.63, 3.8) is 0 Å². The zero-order valence-corrected chi connectivity index (χ0v) is 47.6. The Hall–Kier alpha value is -8.98. The molecule has 0 saturated carbocycles. The van der Waals surface area contributed by atoms with Crippen molar-refractivity contribution in [2.75, 3.05) is 4.90 Å². The van der Waals surface area contributed by atoms with Crippen molar-refractivity contribution in [3.8, 4) is 72.4 Å². The first-order valence-electron chi connectivity index (χ1n) is 28.4. The monoisotopic (exact) mass is 1030 g/mol. The summed E-state index contributed by atoms with van der Waals surface area (Å²) in [7, 11) is 0. The lowest BCUT2D eigenvalue weighted by atomic mass is 9.81. The van der Waals surface area contributed by atoms with E-state index in [0.29, 0.717) is 0 Å². The lowest BCUT2D eigenvalue weighted by Crippen LogP contribution is -2.16. The van der Waals surface area contributed by atoms with Gasteiger partial charge in [0.1, 0.15) is 0 Å². The summed E-state index contributed by atoms with van der Waals surface area (Å²) in [6.07, 6.45) is 0. The highest BCUT2D eigenvalue weighted by Crippen LogP contribution is 2.51. The van der Waals surface area contributed by atoms with Gasteiger partial charge in [0.25, 0.3) is 0 Å². The maximum atomic E-state index is 2.49. The Labute approximate surface area is 473 Å². The molecule has 0 fully saturated rings. The van der Waals surface area contributed by atoms with Gasteiger partial charge in [0.05, 0.1) is 11.0 Å². The Morgan fingerprint density at radius 3 is 1.40 bits per heavy atom. The molecule has 11 aromatic carbocycles. The molecular weight excluding hydrogens is 965 g/mol. The standard InChI is InChI=1S/C78H68N2/c1-51-40-57(53-22-14-11-15-23-53)42-58(41-51)59-43-60(45-62(44-59)76(2,3)4)61-46-63(77(5,6)7)49-67(47-61)80-74-27-19-17-25-70(74)71-48-56(32-39-75(71)80)55-30-35-65(36-31-55)79(64-33-28-54(29-34-64)52-20-12-10-13-21-52)66-37-38-69-68-24-16-18-26-72(68)78(8,9)73(69)50-66/h10-50H,1-9H3. The number of benzene rings is 11. The average molecular weight is 1030 g/mol. The number of rotatable bonds is 9. The van der Waals surface area contributed by atoms with Crippen LogP contribution in [-0.2, 0) is 16.2 Å². The molecule has 13 rings (SSSR count). The maximum absolute atomic E-state index is 2.49. The predicted molar refractivity (Wildman–Crippen MR) is 342 cm³/mol. The largest absolute Gasteiger partial charge is 0.310 e. The fraction of sp³-hybridized carbons (Fsp3) is 0.154. The van der Waals surface area contributed by atoms with Crippen molar-refractivity contribution in [3.05, 3.63) is 277 Å². The first-order valence-corrected chi connectivity index (χ1v) is 28.4. The van der Waals surface area contributed by atoms with Gasteiger partial charge in [-0.25, -0.2) is 0 Å². The molecule has 80 heavy (non-hydrogen) atoms. The van der Waals surface area contributed by atoms with Gasteiger partial charge in [0, 0.05) is 38.9 Å². The van der Waals surface area contributed by atoms with Crippen LogP contribution in [0.4, 0.5) is 17.1 Å². The zero-order chi connectivity index (χ0) is 55.1. The highest BCUT2D eigenvalue weighted by molar-refractivity contribution is 6.10. The van der Waals surface area contributed by atoms with Gasteiger partial charge in [-0.05, 0) is 191 Å². The van der Waals surface area contributed by atoms with Gasteiger partial charge in [0.15, 0.2) is 0 Å². The summed E-state index contributed by atoms with van der Waals surface area (Å²) in [5, 5.41) is 2.47. The van der Waals surface area contributed by atoms with Crippen LogP contribution >= 0.6 is 0 Å². The number of nitrogens with zero attached hydrogens (tertiary/aromatic N) is 2. The Morgan fingerprint density at radius 2 is 0.775 bits per heavy atom. The molecule has 0 spiro atoms. The molecule has 12 aromatic rings. The van der Waals surface area contributed by atoms with Crippen molar-refractivity contribution in [2.24, 2.45) is 0 Å². The van der Waals surface area contributed by atoms with E-state index in [4.69, 9.17) is 0 Å². The van der Waals surface area contributed by atoms with E-state index >= 15 is 0 Å². The van der Waals surface area contributed by atoms with Gasteiger partial charge in [-0.15, -0.1) is 0 Å². The second kappa shape index (κ2) is 19.4. The second-order valence-electron chi connectivity index (χ2n) is 24.8. The fourth-order valence-corrected chi connectivity index (χ4v) is 12.4. The number of aromatic nitrogens is 1. The minimum Gasteiger partial charge on any atom is -0.310 e. The smallest absolute Gasteiger partial charge is 0.0541 e. The van der Waals surface area contributed by atoms with Crippen LogP contribution in [0.25, 0.3) is 94.3 Å². The van der Waals surface area contributed by atoms with Crippen molar-refractivity contribution in [1.29, 1.82) is 0 Å². The van der Waals surface area contributed by atoms with Gasteiger partial charge in [-0.2, -0.15) is 0 Å². The molecule has 1 heterocycles. The summed E-state index contributed by atoms with van der Waals surface area (Å²) in [5.41, 5.74) is 28.0. The van der Waals surface area contributed by atoms with Gasteiger partial charge in [-0.1, -0.05) is 225 Å². The Morgan fingerprint density at radius 1 is 0.325 bits per heavy atom. The van der Waals surface area contributed by atoms with Gasteiger partial charge >= 0.3 is 0 Å². The molecular formula is C78H68N2. The topological polar surface area (TPSA) is 8.17 Å². The number of hydrogen-bond donors (Lipinski definition) is 0. The van der Waals surface area contributed by atoms with Crippen LogP contribution in [-0.4, -0.2) is 4.57 Å². The number of anilines is 3. The van der Waals surface area contributed by atoms with E-state index in [9.17, 15) is 0 Å². The molecule has 0 N–H and O–H groups in total. The molecule has 1 aromatic heterocycles. The summed E-state index contributed by atoms with van der Waals surface area (Å²) >= 11 is 0. The van der Waals surface area contributed by atoms with E-state index in [-0.39, 0.29) is 16.2 Å². The second-order valence-corrected chi connectivity index (χ2v) is 24.8. The van der Waals surface area contributed by atoms with Crippen LogP contribution in [0.2, 0.25) is 0 Å². The predicted octanol–water partition coefficient (Wildman–Crippen LogP) is 21.8. The molecule has 2 heteroatoms. The normalized spacial score (nSPS) is 12.9. The quantitative estimate of drug-likeness (QED) is 0.140. The first-order chi connectivity index (χ1) is 38.5. The van der Waals surface area contributed by atoms with Crippen molar-refractivity contribution in [2.45, 2.75) is 78.6 Å². The van der Waals surface area contributed by atoms with Crippen molar-refractivity contribution >= 4 is 38.9 Å². The Balaban J connectivity index is 0.901. The fourth-order valence-electron chi connectivity index (χ4n) is 12.4. The van der Waals surface area contributed by atoms with Crippen molar-refractivity contribution < 1.29 is 0 Å². The average Bonchev–Trinajstić information content (AvgIpc) is 4.03. The molecule has 1 aliphatic carbocycles. The lowest BCUT2D eigenvalue weighted by Gasteiger charge is -2.28. The Bertz CT molecular complexity index is 4310. The summed E-state index contributed by atoms with van der Waals surface area (Å²) < 4.78 is 2.49. The number of aryl methyl sites for hydroxylation is 1. The third-order valence-electron chi connectivity index (χ3n) is 16.9. The molecule has 390 valence electrons. The molecule has 2 nitrogen and oxygen atoms in total. The van der Waals surface area contributed by atoms with Gasteiger partial charge < -0.3 is 9.47 Å². The van der Waals surface area contributed by atoms with Crippen LogP contribution in [0.1, 0.15) is 83.2 Å². The summed E-state index contributed by atoms with van der Waals surface area (Å²) in [6.45, 7) is 20.9. The van der Waals surface area contributed by atoms with Crippen LogP contribution in [0.15, 0.2) is 249 Å². The van der Waals surface area contributed by atoms with Crippen LogP contribution < -0.4 is 4.90 Å². The molecule has 0 unspecified atom stereocenters. The molecule has 0 atom stereocenters. The van der Waals surface area contributed by atoms with E-state index in [0.717, 1.165) is 22.7 Å². The molecule has 1 aliphatic rings. The molecule has 0 aliphatic heterocycles. The van der Waals surface area contributed by atoms with E-state index in [2.05, 4.69) is 321 Å². The summed E-state index contributed by atoms with van der Waals surface area (Å²) in [4.78, 5) is 2.42. The first kappa shape index (κ1) is 50.5.